The first-order chi connectivity index (χ1) is 30.5. The van der Waals surface area contributed by atoms with E-state index in [1.807, 2.05) is 27.7 Å². The number of esters is 3. The summed E-state index contributed by atoms with van der Waals surface area (Å²) in [6, 6.07) is 0. The van der Waals surface area contributed by atoms with E-state index in [1.54, 1.807) is 83.1 Å². The number of methoxy groups -OCH3 is 3. The number of carbonyl (C=O) groups is 8. The molecule has 4 unspecified atom stereocenters. The Morgan fingerprint density at radius 1 is 0.420 bits per heavy atom. The zero-order chi connectivity index (χ0) is 52.4. The number of carboxylic acids is 1. The van der Waals surface area contributed by atoms with Crippen LogP contribution in [-0.2, 0) is 52.3 Å². The molecule has 0 radical (unpaired) electrons. The Hall–Kier alpha value is -4.08. The zero-order valence-electron chi connectivity index (χ0n) is 45.0. The largest absolute Gasteiger partial charge is 1.00 e. The summed E-state index contributed by atoms with van der Waals surface area (Å²) in [7, 11) is 3.98. The monoisotopic (exact) mass is 999 g/mol. The van der Waals surface area contributed by atoms with Gasteiger partial charge in [-0.05, 0) is 132 Å². The number of aliphatic carboxylic acids is 1. The molecule has 0 saturated heterocycles. The maximum atomic E-state index is 11.7. The predicted molar refractivity (Wildman–Crippen MR) is 248 cm³/mol. The molecule has 4 amide bonds. The topological polar surface area (TPSA) is 300 Å². The molecule has 0 aliphatic heterocycles. The van der Waals surface area contributed by atoms with Crippen molar-refractivity contribution in [2.24, 2.45) is 23.7 Å². The van der Waals surface area contributed by atoms with E-state index in [4.69, 9.17) is 38.3 Å². The molecule has 22 heteroatoms. The van der Waals surface area contributed by atoms with Crippen LogP contribution in [0, 0.1) is 23.7 Å². The van der Waals surface area contributed by atoms with Gasteiger partial charge in [-0.15, -0.1) is 0 Å². The SMILES string of the molecule is CCC1CC1(NC(=O)OC(C)(C)C)C(=O)OC.CCC1C[C@@]1(NC(=O)OC(C)(C)C)C(=O)O.CCC1C[C@@]1(NC(=O)OC(C)(C)C)C(=O)OC.CC[C@H]1C[C@]1(NC(=O)OC(C)(C)C)C(=O)OC.[Na+].[OH-]. The van der Waals surface area contributed by atoms with Gasteiger partial charge in [-0.3, -0.25) is 0 Å². The van der Waals surface area contributed by atoms with Gasteiger partial charge in [0.1, 0.15) is 44.6 Å². The van der Waals surface area contributed by atoms with Crippen LogP contribution in [0.4, 0.5) is 19.2 Å². The van der Waals surface area contributed by atoms with Crippen molar-refractivity contribution >= 4 is 48.3 Å². The van der Waals surface area contributed by atoms with Crippen LogP contribution in [0.1, 0.15) is 162 Å². The molecule has 0 heterocycles. The van der Waals surface area contributed by atoms with E-state index in [2.05, 4.69) is 21.3 Å². The Morgan fingerprint density at radius 2 is 0.594 bits per heavy atom. The van der Waals surface area contributed by atoms with Gasteiger partial charge in [0.25, 0.3) is 0 Å². The summed E-state index contributed by atoms with van der Waals surface area (Å²) in [4.78, 5) is 92.6. The van der Waals surface area contributed by atoms with E-state index in [0.29, 0.717) is 25.7 Å². The van der Waals surface area contributed by atoms with Gasteiger partial charge in [-0.25, -0.2) is 38.4 Å². The molecule has 4 rings (SSSR count). The fraction of sp³-hybridized carbons (Fsp3) is 0.830. The van der Waals surface area contributed by atoms with Crippen molar-refractivity contribution in [1.82, 2.24) is 21.3 Å². The third-order valence-corrected chi connectivity index (χ3v) is 11.3. The molecular formula is C47H83N4NaO17. The minimum absolute atomic E-state index is 0. The first-order valence-corrected chi connectivity index (χ1v) is 23.0. The second-order valence-corrected chi connectivity index (χ2v) is 21.4. The summed E-state index contributed by atoms with van der Waals surface area (Å²) >= 11 is 0. The van der Waals surface area contributed by atoms with Gasteiger partial charge in [0.2, 0.25) is 0 Å². The fourth-order valence-electron chi connectivity index (χ4n) is 7.61. The quantitative estimate of drug-likeness (QED) is 0.104. The zero-order valence-corrected chi connectivity index (χ0v) is 47.0. The Bertz CT molecular complexity index is 1640. The number of carboxylic acid groups (broad SMARTS) is 1. The van der Waals surface area contributed by atoms with Crippen molar-refractivity contribution in [3.8, 4) is 0 Å². The van der Waals surface area contributed by atoms with Crippen molar-refractivity contribution in [1.29, 1.82) is 0 Å². The number of alkyl carbamates (subject to hydrolysis) is 4. The number of ether oxygens (including phenoxy) is 7. The van der Waals surface area contributed by atoms with Gasteiger partial charge in [-0.1, -0.05) is 53.4 Å². The first kappa shape index (κ1) is 67.0. The van der Waals surface area contributed by atoms with Gasteiger partial charge in [-0.2, -0.15) is 0 Å². The van der Waals surface area contributed by atoms with Crippen molar-refractivity contribution in [2.75, 3.05) is 21.3 Å². The summed E-state index contributed by atoms with van der Waals surface area (Å²) in [6.07, 6.45) is 3.18. The van der Waals surface area contributed by atoms with E-state index < -0.39 is 92.8 Å². The molecule has 0 bridgehead atoms. The van der Waals surface area contributed by atoms with E-state index in [-0.39, 0.29) is 58.7 Å². The molecule has 0 aromatic carbocycles. The van der Waals surface area contributed by atoms with Gasteiger partial charge >= 0.3 is 77.8 Å². The summed E-state index contributed by atoms with van der Waals surface area (Å²) < 4.78 is 34.7. The van der Waals surface area contributed by atoms with Crippen LogP contribution in [0.25, 0.3) is 0 Å². The third kappa shape index (κ3) is 20.3. The molecule has 4 aliphatic rings. The van der Waals surface area contributed by atoms with Crippen LogP contribution in [0.5, 0.6) is 0 Å². The Kier molecular flexibility index (Phi) is 25.1. The van der Waals surface area contributed by atoms with Crippen LogP contribution in [-0.4, -0.2) is 125 Å². The molecule has 0 spiro atoms. The molecule has 0 aromatic heterocycles. The average Bonchev–Trinajstić information content (AvgIpc) is 4.05. The molecule has 8 atom stereocenters. The van der Waals surface area contributed by atoms with E-state index in [0.717, 1.165) is 25.7 Å². The van der Waals surface area contributed by atoms with Gasteiger partial charge in [0.05, 0.1) is 21.3 Å². The van der Waals surface area contributed by atoms with Crippen LogP contribution in [0.15, 0.2) is 0 Å². The Balaban J connectivity index is 0. The summed E-state index contributed by atoms with van der Waals surface area (Å²) in [5.41, 5.74) is -6.03. The van der Waals surface area contributed by atoms with E-state index in [9.17, 15) is 38.4 Å². The maximum Gasteiger partial charge on any atom is 1.00 e. The van der Waals surface area contributed by atoms with E-state index in [1.165, 1.54) is 21.3 Å². The summed E-state index contributed by atoms with van der Waals surface area (Å²) in [6.45, 7) is 29.1. The molecule has 4 saturated carbocycles. The molecule has 0 aromatic rings. The number of hydrogen-bond donors (Lipinski definition) is 5. The molecule has 6 N–H and O–H groups in total. The molecule has 4 aliphatic carbocycles. The van der Waals surface area contributed by atoms with Crippen molar-refractivity contribution < 1.29 is 112 Å². The summed E-state index contributed by atoms with van der Waals surface area (Å²) in [5, 5.41) is 19.5. The number of nitrogens with one attached hydrogen (secondary N) is 4. The van der Waals surface area contributed by atoms with Crippen LogP contribution < -0.4 is 50.8 Å². The standard InChI is InChI=1S/3C12H21NO4.C11H19NO4.Na.H2O/c3*1-6-8-7-12(8,9(14)16-5)13-10(15)17-11(2,3)4;1-5-7-6-11(7,8(13)14)12-9(15)16-10(2,3)4;;/h3*8H,6-7H2,1-5H3,(H,13,15);7H,5-6H2,1-4H3,(H,12,15)(H,13,14);;1H2/q;;;;+1;/p-1/t8?,12-;8-,12+;;7?,11-;;/m00.0../s1. The number of carbonyl (C=O) groups excluding carboxylic acids is 7. The van der Waals surface area contributed by atoms with Gasteiger partial charge in [0, 0.05) is 0 Å². The molecule has 21 nitrogen and oxygen atoms in total. The maximum absolute atomic E-state index is 11.7. The molecular weight excluding hydrogens is 916 g/mol. The third-order valence-electron chi connectivity index (χ3n) is 11.3. The minimum atomic E-state index is -1.10. The number of hydrogen-bond acceptors (Lipinski definition) is 16. The fourth-order valence-corrected chi connectivity index (χ4v) is 7.61. The van der Waals surface area contributed by atoms with Crippen molar-refractivity contribution in [3.63, 3.8) is 0 Å². The smallest absolute Gasteiger partial charge is 0.870 e. The number of rotatable bonds is 12. The predicted octanol–water partition coefficient (Wildman–Crippen LogP) is 4.15. The average molecular weight is 999 g/mol. The van der Waals surface area contributed by atoms with Crippen molar-refractivity contribution in [3.05, 3.63) is 0 Å². The van der Waals surface area contributed by atoms with Gasteiger partial charge in [0.15, 0.2) is 0 Å². The Morgan fingerprint density at radius 3 is 0.725 bits per heavy atom. The molecule has 4 fully saturated rings. The first-order valence-electron chi connectivity index (χ1n) is 23.0. The molecule has 394 valence electrons. The Labute approximate surface area is 430 Å². The van der Waals surface area contributed by atoms with Crippen molar-refractivity contribution in [2.45, 2.75) is 207 Å². The van der Waals surface area contributed by atoms with E-state index >= 15 is 0 Å². The normalized spacial score (nSPS) is 26.7. The minimum Gasteiger partial charge on any atom is -0.870 e. The van der Waals surface area contributed by atoms with Gasteiger partial charge < -0.3 is 65.0 Å². The second-order valence-electron chi connectivity index (χ2n) is 21.4. The summed E-state index contributed by atoms with van der Waals surface area (Å²) in [5.74, 6) is -1.73. The molecule has 69 heavy (non-hydrogen) atoms. The number of amides is 4. The second kappa shape index (κ2) is 25.9. The van der Waals surface area contributed by atoms with Crippen LogP contribution >= 0.6 is 0 Å². The van der Waals surface area contributed by atoms with Crippen LogP contribution in [0.2, 0.25) is 0 Å². The van der Waals surface area contributed by atoms with Crippen LogP contribution in [0.3, 0.4) is 0 Å².